The predicted octanol–water partition coefficient (Wildman–Crippen LogP) is 4.57. The van der Waals surface area contributed by atoms with Gasteiger partial charge in [0, 0.05) is 12.0 Å². The summed E-state index contributed by atoms with van der Waals surface area (Å²) >= 11 is 0. The Hall–Kier alpha value is -1.67. The quantitative estimate of drug-likeness (QED) is 0.876. The highest BCUT2D eigenvalue weighted by atomic mass is 19.1. The van der Waals surface area contributed by atoms with Crippen LogP contribution in [0.25, 0.3) is 0 Å². The van der Waals surface area contributed by atoms with Gasteiger partial charge in [-0.1, -0.05) is 63.2 Å². The third-order valence-corrected chi connectivity index (χ3v) is 3.82. The molecule has 0 spiro atoms. The van der Waals surface area contributed by atoms with E-state index in [0.29, 0.717) is 12.0 Å². The second-order valence-electron chi connectivity index (χ2n) is 6.88. The van der Waals surface area contributed by atoms with Crippen LogP contribution in [-0.4, -0.2) is 5.11 Å². The Labute approximate surface area is 126 Å². The van der Waals surface area contributed by atoms with Crippen LogP contribution >= 0.6 is 0 Å². The second kappa shape index (κ2) is 5.61. The molecule has 1 unspecified atom stereocenters. The zero-order valence-corrected chi connectivity index (χ0v) is 13.2. The van der Waals surface area contributed by atoms with Gasteiger partial charge in [0.25, 0.3) is 0 Å². The molecule has 21 heavy (non-hydrogen) atoms. The van der Waals surface area contributed by atoms with Crippen molar-refractivity contribution in [3.05, 3.63) is 71.0 Å². The monoisotopic (exact) mass is 286 g/mol. The first kappa shape index (κ1) is 15.7. The minimum atomic E-state index is -1.21. The molecule has 2 rings (SSSR count). The fourth-order valence-corrected chi connectivity index (χ4v) is 2.51. The summed E-state index contributed by atoms with van der Waals surface area (Å²) in [6.07, 6.45) is 0.387. The van der Waals surface area contributed by atoms with Crippen LogP contribution in [0.2, 0.25) is 0 Å². The normalized spacial score (nSPS) is 14.8. The Bertz CT molecular complexity index is 606. The lowest BCUT2D eigenvalue weighted by Gasteiger charge is -2.25. The molecule has 0 bridgehead atoms. The van der Waals surface area contributed by atoms with E-state index in [9.17, 15) is 9.50 Å². The smallest absolute Gasteiger partial charge is 0.129 e. The van der Waals surface area contributed by atoms with E-state index >= 15 is 0 Å². The van der Waals surface area contributed by atoms with Crippen LogP contribution in [0.4, 0.5) is 4.39 Å². The molecular weight excluding hydrogens is 263 g/mol. The average molecular weight is 286 g/mol. The van der Waals surface area contributed by atoms with Crippen LogP contribution in [0.15, 0.2) is 48.5 Å². The summed E-state index contributed by atoms with van der Waals surface area (Å²) in [7, 11) is 0. The highest BCUT2D eigenvalue weighted by Crippen LogP contribution is 2.29. The van der Waals surface area contributed by atoms with Gasteiger partial charge in [-0.15, -0.1) is 0 Å². The van der Waals surface area contributed by atoms with E-state index in [1.54, 1.807) is 25.1 Å². The molecule has 0 aliphatic rings. The first-order chi connectivity index (χ1) is 9.70. The lowest BCUT2D eigenvalue weighted by molar-refractivity contribution is 0.0538. The zero-order chi connectivity index (χ0) is 15.7. The predicted molar refractivity (Wildman–Crippen MR) is 84.8 cm³/mol. The summed E-state index contributed by atoms with van der Waals surface area (Å²) < 4.78 is 13.8. The van der Waals surface area contributed by atoms with Gasteiger partial charge in [0.2, 0.25) is 0 Å². The van der Waals surface area contributed by atoms with Gasteiger partial charge in [-0.2, -0.15) is 0 Å². The number of rotatable bonds is 3. The van der Waals surface area contributed by atoms with Gasteiger partial charge < -0.3 is 5.11 Å². The van der Waals surface area contributed by atoms with Crippen LogP contribution < -0.4 is 0 Å². The number of benzene rings is 2. The molecule has 0 aromatic heterocycles. The van der Waals surface area contributed by atoms with Crippen LogP contribution in [-0.2, 0) is 17.4 Å². The summed E-state index contributed by atoms with van der Waals surface area (Å²) in [6.45, 7) is 8.15. The van der Waals surface area contributed by atoms with Gasteiger partial charge in [-0.25, -0.2) is 4.39 Å². The number of hydrogen-bond donors (Lipinski definition) is 1. The number of halogens is 1. The van der Waals surface area contributed by atoms with E-state index < -0.39 is 5.60 Å². The van der Waals surface area contributed by atoms with Gasteiger partial charge in [0.15, 0.2) is 0 Å². The maximum absolute atomic E-state index is 13.8. The maximum atomic E-state index is 13.8. The van der Waals surface area contributed by atoms with Crippen LogP contribution in [0.5, 0.6) is 0 Å². The fraction of sp³-hybridized carbons (Fsp3) is 0.368. The topological polar surface area (TPSA) is 20.2 Å². The molecule has 0 aliphatic heterocycles. The van der Waals surface area contributed by atoms with Gasteiger partial charge in [0.05, 0.1) is 5.60 Å². The van der Waals surface area contributed by atoms with Crippen molar-refractivity contribution >= 4 is 0 Å². The molecule has 0 saturated carbocycles. The van der Waals surface area contributed by atoms with Crippen molar-refractivity contribution in [2.45, 2.75) is 45.1 Å². The van der Waals surface area contributed by atoms with E-state index in [0.717, 1.165) is 5.56 Å². The molecule has 2 heteroatoms. The van der Waals surface area contributed by atoms with Crippen LogP contribution in [0.1, 0.15) is 44.4 Å². The van der Waals surface area contributed by atoms with E-state index in [2.05, 4.69) is 32.9 Å². The van der Waals surface area contributed by atoms with E-state index in [-0.39, 0.29) is 11.2 Å². The van der Waals surface area contributed by atoms with Crippen molar-refractivity contribution in [1.29, 1.82) is 0 Å². The molecule has 0 radical (unpaired) electrons. The second-order valence-corrected chi connectivity index (χ2v) is 6.88. The van der Waals surface area contributed by atoms with Gasteiger partial charge in [0.1, 0.15) is 5.82 Å². The molecule has 0 fully saturated rings. The molecule has 112 valence electrons. The average Bonchev–Trinajstić information content (AvgIpc) is 2.38. The first-order valence-electron chi connectivity index (χ1n) is 7.27. The summed E-state index contributed by atoms with van der Waals surface area (Å²) in [4.78, 5) is 0. The Morgan fingerprint density at radius 3 is 2.00 bits per heavy atom. The standard InChI is InChI=1S/C19H23FO/c1-18(2,3)15-11-9-14(10-12-15)13-19(4,21)16-7-5-6-8-17(16)20/h5-12,21H,13H2,1-4H3. The summed E-state index contributed by atoms with van der Waals surface area (Å²) in [5.41, 5.74) is 1.47. The summed E-state index contributed by atoms with van der Waals surface area (Å²) in [5, 5.41) is 10.6. The Morgan fingerprint density at radius 1 is 0.905 bits per heavy atom. The summed E-state index contributed by atoms with van der Waals surface area (Å²) in [6, 6.07) is 14.6. The largest absolute Gasteiger partial charge is 0.385 e. The lowest BCUT2D eigenvalue weighted by Crippen LogP contribution is -2.25. The van der Waals surface area contributed by atoms with Crippen LogP contribution in [0.3, 0.4) is 0 Å². The third-order valence-electron chi connectivity index (χ3n) is 3.82. The zero-order valence-electron chi connectivity index (χ0n) is 13.2. The van der Waals surface area contributed by atoms with Crippen molar-refractivity contribution < 1.29 is 9.50 Å². The third kappa shape index (κ3) is 3.70. The highest BCUT2D eigenvalue weighted by molar-refractivity contribution is 5.31. The summed E-state index contributed by atoms with van der Waals surface area (Å²) in [5.74, 6) is -0.367. The van der Waals surface area contributed by atoms with Crippen molar-refractivity contribution in [3.63, 3.8) is 0 Å². The molecular formula is C19H23FO. The molecule has 0 amide bonds. The number of aliphatic hydroxyl groups is 1. The van der Waals surface area contributed by atoms with Crippen LogP contribution in [0, 0.1) is 5.82 Å². The van der Waals surface area contributed by atoms with Crippen molar-refractivity contribution in [2.24, 2.45) is 0 Å². The minimum Gasteiger partial charge on any atom is -0.385 e. The van der Waals surface area contributed by atoms with Gasteiger partial charge in [-0.05, 0) is 29.5 Å². The Kier molecular flexibility index (Phi) is 4.20. The molecule has 2 aromatic carbocycles. The van der Waals surface area contributed by atoms with Gasteiger partial charge in [-0.3, -0.25) is 0 Å². The first-order valence-corrected chi connectivity index (χ1v) is 7.27. The van der Waals surface area contributed by atoms with E-state index in [1.165, 1.54) is 11.6 Å². The molecule has 1 N–H and O–H groups in total. The Morgan fingerprint density at radius 2 is 1.48 bits per heavy atom. The molecule has 1 atom stereocenters. The Balaban J connectivity index is 2.23. The van der Waals surface area contributed by atoms with E-state index in [1.807, 2.05) is 12.1 Å². The van der Waals surface area contributed by atoms with Crippen molar-refractivity contribution in [1.82, 2.24) is 0 Å². The molecule has 0 aliphatic carbocycles. The SMILES string of the molecule is CC(C)(C)c1ccc(CC(C)(O)c2ccccc2F)cc1. The molecule has 2 aromatic rings. The minimum absolute atomic E-state index is 0.104. The maximum Gasteiger partial charge on any atom is 0.129 e. The van der Waals surface area contributed by atoms with Crippen molar-refractivity contribution in [3.8, 4) is 0 Å². The highest BCUT2D eigenvalue weighted by Gasteiger charge is 2.26. The molecule has 1 nitrogen and oxygen atoms in total. The van der Waals surface area contributed by atoms with Crippen molar-refractivity contribution in [2.75, 3.05) is 0 Å². The molecule has 0 heterocycles. The molecule has 0 saturated heterocycles. The lowest BCUT2D eigenvalue weighted by atomic mass is 9.84. The number of hydrogen-bond acceptors (Lipinski definition) is 1. The fourth-order valence-electron chi connectivity index (χ4n) is 2.51. The van der Waals surface area contributed by atoms with Gasteiger partial charge >= 0.3 is 0 Å². The van der Waals surface area contributed by atoms with E-state index in [4.69, 9.17) is 0 Å².